The third-order valence-electron chi connectivity index (χ3n) is 2.67. The Hall–Kier alpha value is -0.310. The molecule has 1 amide bonds. The Labute approximate surface area is 113 Å². The molecule has 6 nitrogen and oxygen atoms in total. The van der Waals surface area contributed by atoms with E-state index in [1.807, 2.05) is 11.8 Å². The first kappa shape index (κ1) is 15.7. The van der Waals surface area contributed by atoms with Crippen LogP contribution in [0.15, 0.2) is 0 Å². The molecule has 1 rings (SSSR count). The number of nitrogens with one attached hydrogen (secondary N) is 2. The van der Waals surface area contributed by atoms with Gasteiger partial charge in [0.25, 0.3) is 0 Å². The summed E-state index contributed by atoms with van der Waals surface area (Å²) in [4.78, 5) is 11.6. The molecule has 0 aromatic rings. The van der Waals surface area contributed by atoms with Gasteiger partial charge in [0.15, 0.2) is 0 Å². The normalized spacial score (nSPS) is 20.9. The van der Waals surface area contributed by atoms with Gasteiger partial charge >= 0.3 is 0 Å². The molecule has 0 radical (unpaired) electrons. The molecular formula is C10H21N3O3S2. The average Bonchev–Trinajstić information content (AvgIpc) is 2.29. The van der Waals surface area contributed by atoms with E-state index in [1.165, 1.54) is 18.4 Å². The molecule has 1 heterocycles. The van der Waals surface area contributed by atoms with Gasteiger partial charge in [-0.1, -0.05) is 0 Å². The molecule has 0 saturated carbocycles. The lowest BCUT2D eigenvalue weighted by Crippen LogP contribution is -2.42. The molecule has 1 saturated heterocycles. The van der Waals surface area contributed by atoms with E-state index in [0.29, 0.717) is 6.42 Å². The van der Waals surface area contributed by atoms with Gasteiger partial charge < -0.3 is 10.6 Å². The maximum Gasteiger partial charge on any atom is 0.221 e. The number of rotatable bonds is 6. The van der Waals surface area contributed by atoms with Crippen molar-refractivity contribution in [1.29, 1.82) is 0 Å². The first-order valence-electron chi connectivity index (χ1n) is 5.90. The van der Waals surface area contributed by atoms with Gasteiger partial charge in [0.1, 0.15) is 0 Å². The lowest BCUT2D eigenvalue weighted by molar-refractivity contribution is -0.121. The van der Waals surface area contributed by atoms with E-state index in [0.717, 1.165) is 18.1 Å². The number of hydrogen-bond donors (Lipinski definition) is 2. The van der Waals surface area contributed by atoms with Crippen LogP contribution in [0.3, 0.4) is 0 Å². The largest absolute Gasteiger partial charge is 0.355 e. The quantitative estimate of drug-likeness (QED) is 0.663. The number of amides is 1. The summed E-state index contributed by atoms with van der Waals surface area (Å²) in [6.07, 6.45) is 0.412. The van der Waals surface area contributed by atoms with Crippen molar-refractivity contribution in [3.05, 3.63) is 0 Å². The van der Waals surface area contributed by atoms with Gasteiger partial charge in [0.2, 0.25) is 15.9 Å². The Balaban J connectivity index is 2.21. The molecule has 1 aliphatic heterocycles. The fourth-order valence-corrected chi connectivity index (χ4v) is 3.22. The van der Waals surface area contributed by atoms with E-state index in [4.69, 9.17) is 0 Å². The van der Waals surface area contributed by atoms with Gasteiger partial charge in [0, 0.05) is 51.2 Å². The van der Waals surface area contributed by atoms with Gasteiger partial charge in [-0.25, -0.2) is 12.7 Å². The van der Waals surface area contributed by atoms with Crippen molar-refractivity contribution in [2.24, 2.45) is 0 Å². The lowest BCUT2D eigenvalue weighted by atomic mass is 10.2. The zero-order chi connectivity index (χ0) is 13.6. The standard InChI is InChI=1S/C10H21N3O3S2/c1-13(2)18(15,16)6-4-12-10(14)7-9-8-17-5-3-11-9/h9,11H,3-8H2,1-2H3,(H,12,14). The fraction of sp³-hybridized carbons (Fsp3) is 0.900. The summed E-state index contributed by atoms with van der Waals surface area (Å²) in [7, 11) is -0.255. The van der Waals surface area contributed by atoms with Gasteiger partial charge in [-0.3, -0.25) is 4.79 Å². The van der Waals surface area contributed by atoms with Crippen LogP contribution in [0.5, 0.6) is 0 Å². The second-order valence-corrected chi connectivity index (χ2v) is 7.83. The first-order valence-corrected chi connectivity index (χ1v) is 8.66. The molecule has 2 N–H and O–H groups in total. The molecule has 1 unspecified atom stereocenters. The Morgan fingerprint density at radius 1 is 1.50 bits per heavy atom. The van der Waals surface area contributed by atoms with E-state index in [9.17, 15) is 13.2 Å². The third kappa shape index (κ3) is 5.55. The first-order chi connectivity index (χ1) is 8.42. The van der Waals surface area contributed by atoms with E-state index < -0.39 is 10.0 Å². The molecule has 1 aliphatic rings. The fourth-order valence-electron chi connectivity index (χ4n) is 1.55. The molecule has 1 atom stereocenters. The zero-order valence-corrected chi connectivity index (χ0v) is 12.4. The highest BCUT2D eigenvalue weighted by molar-refractivity contribution is 7.99. The van der Waals surface area contributed by atoms with Crippen LogP contribution in [-0.4, -0.2) is 69.1 Å². The average molecular weight is 295 g/mol. The van der Waals surface area contributed by atoms with Crippen molar-refractivity contribution in [1.82, 2.24) is 14.9 Å². The predicted octanol–water partition coefficient (Wildman–Crippen LogP) is -0.911. The van der Waals surface area contributed by atoms with E-state index in [2.05, 4.69) is 10.6 Å². The Bertz CT molecular complexity index is 365. The number of nitrogens with zero attached hydrogens (tertiary/aromatic N) is 1. The van der Waals surface area contributed by atoms with Crippen LogP contribution in [0.25, 0.3) is 0 Å². The summed E-state index contributed by atoms with van der Waals surface area (Å²) in [6.45, 7) is 1.09. The molecule has 0 aromatic heterocycles. The summed E-state index contributed by atoms with van der Waals surface area (Å²) < 4.78 is 24.1. The second kappa shape index (κ2) is 7.32. The Morgan fingerprint density at radius 2 is 2.22 bits per heavy atom. The van der Waals surface area contributed by atoms with Crippen molar-refractivity contribution < 1.29 is 13.2 Å². The maximum atomic E-state index is 11.6. The summed E-state index contributed by atoms with van der Waals surface area (Å²) in [5.74, 6) is 1.87. The van der Waals surface area contributed by atoms with E-state index in [1.54, 1.807) is 0 Å². The van der Waals surface area contributed by atoms with Crippen LogP contribution >= 0.6 is 11.8 Å². The van der Waals surface area contributed by atoms with Crippen molar-refractivity contribution >= 4 is 27.7 Å². The summed E-state index contributed by atoms with van der Waals surface area (Å²) in [5, 5.41) is 5.91. The maximum absolute atomic E-state index is 11.6. The molecule has 0 spiro atoms. The SMILES string of the molecule is CN(C)S(=O)(=O)CCNC(=O)CC1CSCCN1. The van der Waals surface area contributed by atoms with Gasteiger partial charge in [-0.05, 0) is 0 Å². The van der Waals surface area contributed by atoms with E-state index in [-0.39, 0.29) is 24.2 Å². The smallest absolute Gasteiger partial charge is 0.221 e. The van der Waals surface area contributed by atoms with Crippen LogP contribution in [0.4, 0.5) is 0 Å². The Kier molecular flexibility index (Phi) is 6.40. The van der Waals surface area contributed by atoms with Crippen molar-refractivity contribution in [2.45, 2.75) is 12.5 Å². The van der Waals surface area contributed by atoms with Crippen LogP contribution in [0.2, 0.25) is 0 Å². The summed E-state index contributed by atoms with van der Waals surface area (Å²) in [5.41, 5.74) is 0. The number of thioether (sulfide) groups is 1. The number of carbonyl (C=O) groups excluding carboxylic acids is 1. The number of carbonyl (C=O) groups is 1. The molecule has 106 valence electrons. The molecule has 8 heteroatoms. The molecule has 0 aliphatic carbocycles. The second-order valence-electron chi connectivity index (χ2n) is 4.38. The number of hydrogen-bond acceptors (Lipinski definition) is 5. The van der Waals surface area contributed by atoms with Crippen molar-refractivity contribution in [2.75, 3.05) is 44.4 Å². The molecule has 0 aromatic carbocycles. The topological polar surface area (TPSA) is 78.5 Å². The van der Waals surface area contributed by atoms with Crippen LogP contribution in [-0.2, 0) is 14.8 Å². The van der Waals surface area contributed by atoms with Crippen molar-refractivity contribution in [3.63, 3.8) is 0 Å². The highest BCUT2D eigenvalue weighted by Crippen LogP contribution is 2.09. The minimum Gasteiger partial charge on any atom is -0.355 e. The molecular weight excluding hydrogens is 274 g/mol. The van der Waals surface area contributed by atoms with Gasteiger partial charge in [-0.2, -0.15) is 11.8 Å². The zero-order valence-electron chi connectivity index (χ0n) is 10.8. The van der Waals surface area contributed by atoms with Crippen LogP contribution < -0.4 is 10.6 Å². The lowest BCUT2D eigenvalue weighted by Gasteiger charge is -2.22. The highest BCUT2D eigenvalue weighted by atomic mass is 32.2. The predicted molar refractivity (Wildman–Crippen MR) is 74.2 cm³/mol. The highest BCUT2D eigenvalue weighted by Gasteiger charge is 2.17. The summed E-state index contributed by atoms with van der Waals surface area (Å²) in [6, 6.07) is 0.203. The summed E-state index contributed by atoms with van der Waals surface area (Å²) >= 11 is 1.83. The number of sulfonamides is 1. The van der Waals surface area contributed by atoms with Crippen LogP contribution in [0.1, 0.15) is 6.42 Å². The van der Waals surface area contributed by atoms with Crippen molar-refractivity contribution in [3.8, 4) is 0 Å². The molecule has 1 fully saturated rings. The van der Waals surface area contributed by atoms with Crippen LogP contribution in [0, 0.1) is 0 Å². The van der Waals surface area contributed by atoms with E-state index >= 15 is 0 Å². The molecule has 0 bridgehead atoms. The van der Waals surface area contributed by atoms with Gasteiger partial charge in [-0.15, -0.1) is 0 Å². The third-order valence-corrected chi connectivity index (χ3v) is 5.63. The minimum atomic E-state index is -3.23. The molecule has 18 heavy (non-hydrogen) atoms. The monoisotopic (exact) mass is 295 g/mol. The van der Waals surface area contributed by atoms with Gasteiger partial charge in [0.05, 0.1) is 5.75 Å². The minimum absolute atomic E-state index is 0.0570. The Morgan fingerprint density at radius 3 is 2.78 bits per heavy atom.